The summed E-state index contributed by atoms with van der Waals surface area (Å²) in [6.45, 7) is 0. The van der Waals surface area contributed by atoms with Crippen molar-refractivity contribution < 1.29 is 0 Å². The maximum atomic E-state index is 5.59. The van der Waals surface area contributed by atoms with Gasteiger partial charge in [0, 0.05) is 0 Å². The third-order valence-electron chi connectivity index (χ3n) is 1.49. The Hall–Kier alpha value is -1.23. The van der Waals surface area contributed by atoms with Gasteiger partial charge >= 0.3 is 0 Å². The van der Waals surface area contributed by atoms with Crippen molar-refractivity contribution in [3.05, 3.63) is 0 Å². The van der Waals surface area contributed by atoms with Crippen molar-refractivity contribution in [1.82, 2.24) is 5.32 Å². The molecule has 0 aromatic rings. The van der Waals surface area contributed by atoms with Crippen LogP contribution < -0.4 is 11.1 Å². The average molecular weight is 137 g/mol. The topological polar surface area (TPSA) is 75.1 Å². The van der Waals surface area contributed by atoms with Crippen molar-refractivity contribution in [2.75, 3.05) is 0 Å². The molecule has 0 saturated carbocycles. The standard InChI is InChI=1S/C5H7N5/c6-4-3-5(9-1-7-3)10-2-8-4/h1-4H,6H2,(H,7,8,9,10)/t3-,4+/m1/s1. The number of rotatable bonds is 0. The minimum atomic E-state index is -0.265. The van der Waals surface area contributed by atoms with Crippen LogP contribution in [0.1, 0.15) is 0 Å². The lowest BCUT2D eigenvalue weighted by Gasteiger charge is -2.18. The molecule has 0 aromatic carbocycles. The van der Waals surface area contributed by atoms with E-state index in [2.05, 4.69) is 20.3 Å². The van der Waals surface area contributed by atoms with Gasteiger partial charge in [-0.05, 0) is 0 Å². The van der Waals surface area contributed by atoms with E-state index in [9.17, 15) is 0 Å². The molecule has 0 radical (unpaired) electrons. The Kier molecular flexibility index (Phi) is 1.04. The van der Waals surface area contributed by atoms with Gasteiger partial charge in [-0.1, -0.05) is 0 Å². The predicted molar refractivity (Wildman–Crippen MR) is 39.3 cm³/mol. The first-order chi connectivity index (χ1) is 4.88. The Morgan fingerprint density at radius 1 is 1.50 bits per heavy atom. The van der Waals surface area contributed by atoms with Crippen LogP contribution in [-0.2, 0) is 0 Å². The second-order valence-electron chi connectivity index (χ2n) is 2.14. The van der Waals surface area contributed by atoms with Gasteiger partial charge in [0.05, 0.1) is 6.34 Å². The molecule has 0 aliphatic carbocycles. The quantitative estimate of drug-likeness (QED) is 0.436. The van der Waals surface area contributed by atoms with Gasteiger partial charge in [0.1, 0.15) is 24.4 Å². The molecule has 0 amide bonds. The van der Waals surface area contributed by atoms with Crippen LogP contribution in [0, 0.1) is 0 Å². The Bertz CT molecular complexity index is 228. The van der Waals surface area contributed by atoms with Crippen LogP contribution in [0.5, 0.6) is 0 Å². The molecule has 5 nitrogen and oxygen atoms in total. The molecule has 2 atom stereocenters. The van der Waals surface area contributed by atoms with E-state index in [1.165, 1.54) is 6.34 Å². The summed E-state index contributed by atoms with van der Waals surface area (Å²) in [4.78, 5) is 11.9. The molecule has 52 valence electrons. The molecule has 2 aliphatic rings. The van der Waals surface area contributed by atoms with Crippen molar-refractivity contribution >= 4 is 18.5 Å². The number of hydrogen-bond acceptors (Lipinski definition) is 5. The lowest BCUT2D eigenvalue weighted by Crippen LogP contribution is -2.46. The minimum absolute atomic E-state index is 0.0787. The van der Waals surface area contributed by atoms with E-state index in [1.807, 2.05) is 0 Å². The Morgan fingerprint density at radius 3 is 3.20 bits per heavy atom. The molecule has 0 aromatic heterocycles. The highest BCUT2D eigenvalue weighted by molar-refractivity contribution is 6.04. The minimum Gasteiger partial charge on any atom is -0.333 e. The Balaban J connectivity index is 2.31. The lowest BCUT2D eigenvalue weighted by atomic mass is 10.2. The molecule has 0 unspecified atom stereocenters. The van der Waals surface area contributed by atoms with Gasteiger partial charge in [-0.15, -0.1) is 0 Å². The van der Waals surface area contributed by atoms with Gasteiger partial charge in [0.2, 0.25) is 0 Å². The zero-order chi connectivity index (χ0) is 6.97. The summed E-state index contributed by atoms with van der Waals surface area (Å²) in [5, 5.41) is 2.86. The zero-order valence-corrected chi connectivity index (χ0v) is 5.23. The molecular formula is C5H7N5. The van der Waals surface area contributed by atoms with Crippen molar-refractivity contribution in [3.63, 3.8) is 0 Å². The lowest BCUT2D eigenvalue weighted by molar-refractivity contribution is 0.642. The van der Waals surface area contributed by atoms with Gasteiger partial charge in [0.25, 0.3) is 0 Å². The monoisotopic (exact) mass is 137 g/mol. The van der Waals surface area contributed by atoms with Crippen LogP contribution in [0.15, 0.2) is 15.0 Å². The van der Waals surface area contributed by atoms with Gasteiger partial charge in [-0.3, -0.25) is 9.98 Å². The number of hydrogen-bond donors (Lipinski definition) is 2. The normalized spacial score (nSPS) is 35.1. The fourth-order valence-corrected chi connectivity index (χ4v) is 0.958. The number of nitrogens with one attached hydrogen (secondary N) is 1. The Morgan fingerprint density at radius 2 is 2.40 bits per heavy atom. The fraction of sp³-hybridized carbons (Fsp3) is 0.400. The van der Waals surface area contributed by atoms with Crippen LogP contribution in [0.4, 0.5) is 0 Å². The molecule has 2 rings (SSSR count). The van der Waals surface area contributed by atoms with Crippen LogP contribution in [0.3, 0.4) is 0 Å². The molecule has 0 spiro atoms. The first-order valence-corrected chi connectivity index (χ1v) is 3.01. The summed E-state index contributed by atoms with van der Waals surface area (Å²) >= 11 is 0. The predicted octanol–water partition coefficient (Wildman–Crippen LogP) is -1.29. The van der Waals surface area contributed by atoms with Crippen LogP contribution in [0.2, 0.25) is 0 Å². The summed E-state index contributed by atoms with van der Waals surface area (Å²) in [5.74, 6) is 0.794. The summed E-state index contributed by atoms with van der Waals surface area (Å²) in [5.41, 5.74) is 5.59. The highest BCUT2D eigenvalue weighted by atomic mass is 15.2. The van der Waals surface area contributed by atoms with E-state index in [4.69, 9.17) is 5.73 Å². The number of aliphatic imine (C=N–C) groups is 3. The van der Waals surface area contributed by atoms with Crippen molar-refractivity contribution in [1.29, 1.82) is 0 Å². The van der Waals surface area contributed by atoms with Crippen molar-refractivity contribution in [3.8, 4) is 0 Å². The third-order valence-corrected chi connectivity index (χ3v) is 1.49. The van der Waals surface area contributed by atoms with Gasteiger partial charge in [0.15, 0.2) is 0 Å². The van der Waals surface area contributed by atoms with Crippen molar-refractivity contribution in [2.45, 2.75) is 12.2 Å². The van der Waals surface area contributed by atoms with E-state index in [-0.39, 0.29) is 12.2 Å². The SMILES string of the molecule is N[C@H]1N=CNC2=NC=N[C@@H]21. The van der Waals surface area contributed by atoms with Gasteiger partial charge in [-0.2, -0.15) is 0 Å². The second-order valence-corrected chi connectivity index (χ2v) is 2.14. The number of amidine groups is 1. The van der Waals surface area contributed by atoms with E-state index >= 15 is 0 Å². The largest absolute Gasteiger partial charge is 0.333 e. The number of nitrogens with two attached hydrogens (primary N) is 1. The summed E-state index contributed by atoms with van der Waals surface area (Å²) in [6, 6.07) is -0.0787. The average Bonchev–Trinajstić information content (AvgIpc) is 2.36. The zero-order valence-electron chi connectivity index (χ0n) is 5.23. The first kappa shape index (κ1) is 5.55. The fourth-order valence-electron chi connectivity index (χ4n) is 0.958. The molecule has 2 aliphatic heterocycles. The van der Waals surface area contributed by atoms with E-state index in [1.54, 1.807) is 6.34 Å². The van der Waals surface area contributed by atoms with Crippen LogP contribution in [-0.4, -0.2) is 30.7 Å². The molecule has 0 bridgehead atoms. The van der Waals surface area contributed by atoms with Gasteiger partial charge < -0.3 is 11.1 Å². The van der Waals surface area contributed by atoms with E-state index < -0.39 is 0 Å². The molecule has 10 heavy (non-hydrogen) atoms. The van der Waals surface area contributed by atoms with E-state index in [0.717, 1.165) is 5.84 Å². The summed E-state index contributed by atoms with van der Waals surface area (Å²) in [7, 11) is 0. The molecule has 3 N–H and O–H groups in total. The number of nitrogens with zero attached hydrogens (tertiary/aromatic N) is 3. The first-order valence-electron chi connectivity index (χ1n) is 3.01. The number of fused-ring (bicyclic) bond motifs is 1. The molecular weight excluding hydrogens is 130 g/mol. The molecule has 2 heterocycles. The Labute approximate surface area is 57.8 Å². The van der Waals surface area contributed by atoms with E-state index in [0.29, 0.717) is 0 Å². The molecule has 0 fully saturated rings. The van der Waals surface area contributed by atoms with Crippen molar-refractivity contribution in [2.24, 2.45) is 20.7 Å². The van der Waals surface area contributed by atoms with Crippen LogP contribution >= 0.6 is 0 Å². The summed E-state index contributed by atoms with van der Waals surface area (Å²) < 4.78 is 0. The second kappa shape index (κ2) is 1.88. The molecule has 0 saturated heterocycles. The molecule has 5 heteroatoms. The van der Waals surface area contributed by atoms with Crippen LogP contribution in [0.25, 0.3) is 0 Å². The highest BCUT2D eigenvalue weighted by Gasteiger charge is 2.26. The van der Waals surface area contributed by atoms with Gasteiger partial charge in [-0.25, -0.2) is 4.99 Å². The maximum Gasteiger partial charge on any atom is 0.145 e. The smallest absolute Gasteiger partial charge is 0.145 e. The highest BCUT2D eigenvalue weighted by Crippen LogP contribution is 2.06. The third kappa shape index (κ3) is 0.640. The summed E-state index contributed by atoms with van der Waals surface area (Å²) in [6.07, 6.45) is 2.79. The maximum absolute atomic E-state index is 5.59.